The molecule has 2 aromatic rings. The third-order valence-corrected chi connectivity index (χ3v) is 2.29. The first kappa shape index (κ1) is 9.02. The summed E-state index contributed by atoms with van der Waals surface area (Å²) in [6, 6.07) is 7.01. The van der Waals surface area contributed by atoms with Gasteiger partial charge in [-0.05, 0) is 29.2 Å². The van der Waals surface area contributed by atoms with Crippen molar-refractivity contribution in [1.82, 2.24) is 4.37 Å². The quantitative estimate of drug-likeness (QED) is 0.840. The Kier molecular flexibility index (Phi) is 2.65. The molecule has 72 valence electrons. The number of aromatic nitrogens is 1. The third kappa shape index (κ3) is 2.23. The van der Waals surface area contributed by atoms with Gasteiger partial charge in [0.1, 0.15) is 12.4 Å². The Morgan fingerprint density at radius 3 is 3.07 bits per heavy atom. The van der Waals surface area contributed by atoms with Crippen LogP contribution in [0.3, 0.4) is 0 Å². The van der Waals surface area contributed by atoms with Crippen molar-refractivity contribution < 1.29 is 9.84 Å². The van der Waals surface area contributed by atoms with E-state index >= 15 is 0 Å². The van der Waals surface area contributed by atoms with Crippen molar-refractivity contribution in [2.24, 2.45) is 0 Å². The molecule has 0 amide bonds. The van der Waals surface area contributed by atoms with Crippen LogP contribution in [0.15, 0.2) is 35.8 Å². The highest BCUT2D eigenvalue weighted by molar-refractivity contribution is 7.03. The molecular weight excluding hydrogens is 198 g/mol. The maximum Gasteiger partial charge on any atom is 0.150 e. The van der Waals surface area contributed by atoms with Crippen LogP contribution < -0.4 is 4.74 Å². The summed E-state index contributed by atoms with van der Waals surface area (Å²) in [7, 11) is 0. The third-order valence-electron chi connectivity index (χ3n) is 1.73. The molecule has 1 heterocycles. The molecule has 2 rings (SSSR count). The van der Waals surface area contributed by atoms with Gasteiger partial charge in [-0.1, -0.05) is 12.1 Å². The number of phenolic OH excluding ortho intramolecular Hbond substituents is 1. The van der Waals surface area contributed by atoms with E-state index in [0.717, 1.165) is 11.3 Å². The van der Waals surface area contributed by atoms with Crippen LogP contribution in [0.4, 0.5) is 0 Å². The Morgan fingerprint density at radius 2 is 2.36 bits per heavy atom. The highest BCUT2D eigenvalue weighted by Crippen LogP contribution is 2.16. The highest BCUT2D eigenvalue weighted by atomic mass is 32.1. The largest absolute Gasteiger partial charge is 0.508 e. The number of aromatic hydroxyl groups is 1. The Hall–Kier alpha value is -1.55. The molecule has 14 heavy (non-hydrogen) atoms. The molecule has 0 fully saturated rings. The Labute approximate surface area is 85.8 Å². The minimum Gasteiger partial charge on any atom is -0.508 e. The topological polar surface area (TPSA) is 42.4 Å². The molecule has 0 unspecified atom stereocenters. The average Bonchev–Trinajstić information content (AvgIpc) is 2.67. The molecule has 0 saturated heterocycles. The summed E-state index contributed by atoms with van der Waals surface area (Å²) in [5, 5.41) is 11.0. The lowest BCUT2D eigenvalue weighted by atomic mass is 10.2. The van der Waals surface area contributed by atoms with Crippen molar-refractivity contribution in [1.29, 1.82) is 0 Å². The molecule has 0 aliphatic rings. The summed E-state index contributed by atoms with van der Waals surface area (Å²) < 4.78 is 9.34. The van der Waals surface area contributed by atoms with Gasteiger partial charge in [-0.15, -0.1) is 0 Å². The van der Waals surface area contributed by atoms with Gasteiger partial charge in [-0.2, -0.15) is 4.37 Å². The van der Waals surface area contributed by atoms with Gasteiger partial charge < -0.3 is 9.84 Å². The molecule has 0 saturated carbocycles. The van der Waals surface area contributed by atoms with Gasteiger partial charge in [-0.3, -0.25) is 0 Å². The molecule has 0 spiro atoms. The van der Waals surface area contributed by atoms with Crippen LogP contribution in [0.1, 0.15) is 5.56 Å². The smallest absolute Gasteiger partial charge is 0.150 e. The van der Waals surface area contributed by atoms with Crippen molar-refractivity contribution in [2.45, 2.75) is 6.61 Å². The summed E-state index contributed by atoms with van der Waals surface area (Å²) in [6.45, 7) is 0.451. The number of nitrogens with zero attached hydrogens (tertiary/aromatic N) is 1. The standard InChI is InChI=1S/C10H9NO2S/c12-9-3-1-2-8(4-9)6-13-10-5-11-14-7-10/h1-5,7,12H,6H2. The van der Waals surface area contributed by atoms with Crippen LogP contribution in [0.5, 0.6) is 11.5 Å². The van der Waals surface area contributed by atoms with Crippen LogP contribution >= 0.6 is 11.5 Å². The van der Waals surface area contributed by atoms with Crippen LogP contribution in [-0.2, 0) is 6.61 Å². The molecule has 0 aliphatic carbocycles. The van der Waals surface area contributed by atoms with Gasteiger partial charge in [0.2, 0.25) is 0 Å². The molecule has 0 bridgehead atoms. The maximum atomic E-state index is 9.20. The van der Waals surface area contributed by atoms with Gasteiger partial charge >= 0.3 is 0 Å². The molecule has 0 atom stereocenters. The average molecular weight is 207 g/mol. The van der Waals surface area contributed by atoms with Crippen molar-refractivity contribution >= 4 is 11.5 Å². The zero-order valence-corrected chi connectivity index (χ0v) is 8.20. The molecule has 1 N–H and O–H groups in total. The van der Waals surface area contributed by atoms with Crippen molar-refractivity contribution in [3.05, 3.63) is 41.4 Å². The summed E-state index contributed by atoms with van der Waals surface area (Å²) in [5.74, 6) is 1.02. The Balaban J connectivity index is 1.98. The SMILES string of the molecule is Oc1cccc(COc2cnsc2)c1. The fourth-order valence-electron chi connectivity index (χ4n) is 1.08. The lowest BCUT2D eigenvalue weighted by Gasteiger charge is -2.03. The fraction of sp³-hybridized carbons (Fsp3) is 0.100. The van der Waals surface area contributed by atoms with Crippen LogP contribution in [0.25, 0.3) is 0 Å². The van der Waals surface area contributed by atoms with E-state index in [2.05, 4.69) is 4.37 Å². The molecular formula is C10H9NO2S. The lowest BCUT2D eigenvalue weighted by Crippen LogP contribution is -1.93. The minimum atomic E-state index is 0.259. The normalized spacial score (nSPS) is 10.0. The summed E-state index contributed by atoms with van der Waals surface area (Å²) in [5.41, 5.74) is 0.941. The van der Waals surface area contributed by atoms with Crippen molar-refractivity contribution in [2.75, 3.05) is 0 Å². The second-order valence-electron chi connectivity index (χ2n) is 2.82. The van der Waals surface area contributed by atoms with E-state index in [1.54, 1.807) is 24.4 Å². The summed E-state index contributed by atoms with van der Waals surface area (Å²) in [4.78, 5) is 0. The maximum absolute atomic E-state index is 9.20. The van der Waals surface area contributed by atoms with Gasteiger partial charge in [-0.25, -0.2) is 0 Å². The minimum absolute atomic E-state index is 0.259. The number of hydrogen-bond acceptors (Lipinski definition) is 4. The van der Waals surface area contributed by atoms with Crippen LogP contribution in [0, 0.1) is 0 Å². The predicted molar refractivity (Wildman–Crippen MR) is 54.6 cm³/mol. The lowest BCUT2D eigenvalue weighted by molar-refractivity contribution is 0.306. The molecule has 3 nitrogen and oxygen atoms in total. The number of rotatable bonds is 3. The summed E-state index contributed by atoms with van der Waals surface area (Å²) in [6.07, 6.45) is 1.67. The number of phenols is 1. The Bertz CT molecular complexity index is 400. The first-order chi connectivity index (χ1) is 6.84. The van der Waals surface area contributed by atoms with E-state index in [1.807, 2.05) is 11.4 Å². The Morgan fingerprint density at radius 1 is 1.43 bits per heavy atom. The molecule has 4 heteroatoms. The first-order valence-electron chi connectivity index (χ1n) is 4.15. The summed E-state index contributed by atoms with van der Waals surface area (Å²) >= 11 is 1.35. The first-order valence-corrected chi connectivity index (χ1v) is 4.98. The van der Waals surface area contributed by atoms with Gasteiger partial charge in [0.05, 0.1) is 11.6 Å². The highest BCUT2D eigenvalue weighted by Gasteiger charge is 1.97. The van der Waals surface area contributed by atoms with E-state index < -0.39 is 0 Å². The van der Waals surface area contributed by atoms with Crippen LogP contribution in [0.2, 0.25) is 0 Å². The number of hydrogen-bond donors (Lipinski definition) is 1. The van der Waals surface area contributed by atoms with E-state index in [1.165, 1.54) is 11.5 Å². The zero-order chi connectivity index (χ0) is 9.80. The van der Waals surface area contributed by atoms with Crippen LogP contribution in [-0.4, -0.2) is 9.48 Å². The van der Waals surface area contributed by atoms with E-state index in [0.29, 0.717) is 6.61 Å². The van der Waals surface area contributed by atoms with Crippen molar-refractivity contribution in [3.63, 3.8) is 0 Å². The second-order valence-corrected chi connectivity index (χ2v) is 3.48. The molecule has 0 aliphatic heterocycles. The zero-order valence-electron chi connectivity index (χ0n) is 7.38. The van der Waals surface area contributed by atoms with Crippen molar-refractivity contribution in [3.8, 4) is 11.5 Å². The number of benzene rings is 1. The number of ether oxygens (including phenoxy) is 1. The predicted octanol–water partition coefficient (Wildman–Crippen LogP) is 2.43. The monoisotopic (exact) mass is 207 g/mol. The van der Waals surface area contributed by atoms with E-state index in [-0.39, 0.29) is 5.75 Å². The van der Waals surface area contributed by atoms with E-state index in [9.17, 15) is 5.11 Å². The fourth-order valence-corrected chi connectivity index (χ4v) is 1.54. The molecule has 0 radical (unpaired) electrons. The van der Waals surface area contributed by atoms with E-state index in [4.69, 9.17) is 4.74 Å². The van der Waals surface area contributed by atoms with Gasteiger partial charge in [0, 0.05) is 0 Å². The molecule has 1 aromatic carbocycles. The van der Waals surface area contributed by atoms with Gasteiger partial charge in [0.15, 0.2) is 5.75 Å². The van der Waals surface area contributed by atoms with Gasteiger partial charge in [0.25, 0.3) is 0 Å². The second kappa shape index (κ2) is 4.11. The molecule has 1 aromatic heterocycles.